The molecule has 2 aliphatic rings. The van der Waals surface area contributed by atoms with Gasteiger partial charge in [-0.2, -0.15) is 0 Å². The number of hydrogen-bond acceptors (Lipinski definition) is 5. The minimum atomic E-state index is -0.583. The van der Waals surface area contributed by atoms with Gasteiger partial charge in [0.05, 0.1) is 29.9 Å². The predicted molar refractivity (Wildman–Crippen MR) is 134 cm³/mol. The largest absolute Gasteiger partial charge is 0.447 e. The highest BCUT2D eigenvalue weighted by molar-refractivity contribution is 6.19. The molecule has 0 aliphatic carbocycles. The Morgan fingerprint density at radius 2 is 1.95 bits per heavy atom. The van der Waals surface area contributed by atoms with E-state index in [-0.39, 0.29) is 30.1 Å². The van der Waals surface area contributed by atoms with Crippen molar-refractivity contribution < 1.29 is 23.1 Å². The zero-order chi connectivity index (χ0) is 25.9. The van der Waals surface area contributed by atoms with Gasteiger partial charge in [0.1, 0.15) is 18.2 Å². The Morgan fingerprint density at radius 3 is 2.65 bits per heavy atom. The number of amides is 2. The molecule has 0 bridgehead atoms. The number of benzene rings is 2. The van der Waals surface area contributed by atoms with E-state index < -0.39 is 29.9 Å². The van der Waals surface area contributed by atoms with Gasteiger partial charge < -0.3 is 15.0 Å². The quantitative estimate of drug-likeness (QED) is 0.529. The summed E-state index contributed by atoms with van der Waals surface area (Å²) >= 11 is 0. The SMILES string of the molecule is CN1C(=O)OC[C@@H]1[C@@H](Cc1ccccn1)NC(=O)c1cccc(F)c1C1=NCC(c2ccc(F)cc2)=C1. The Kier molecular flexibility index (Phi) is 6.76. The average molecular weight is 503 g/mol. The Hall–Kier alpha value is -4.40. The number of nitrogens with one attached hydrogen (secondary N) is 1. The molecular formula is C28H24F2N4O3. The summed E-state index contributed by atoms with van der Waals surface area (Å²) in [5, 5.41) is 2.98. The second-order valence-electron chi connectivity index (χ2n) is 8.90. The Labute approximate surface area is 212 Å². The lowest BCUT2D eigenvalue weighted by atomic mass is 9.97. The highest BCUT2D eigenvalue weighted by Crippen LogP contribution is 2.26. The van der Waals surface area contributed by atoms with Crippen LogP contribution in [0.4, 0.5) is 13.6 Å². The van der Waals surface area contributed by atoms with Crippen molar-refractivity contribution in [3.05, 3.63) is 107 Å². The number of carbonyl (C=O) groups excluding carboxylic acids is 2. The number of halogens is 2. The smallest absolute Gasteiger partial charge is 0.410 e. The molecule has 1 N–H and O–H groups in total. The summed E-state index contributed by atoms with van der Waals surface area (Å²) in [6.45, 7) is 0.393. The lowest BCUT2D eigenvalue weighted by Crippen LogP contribution is -2.51. The van der Waals surface area contributed by atoms with Crippen LogP contribution in [0, 0.1) is 11.6 Å². The molecule has 0 unspecified atom stereocenters. The number of allylic oxidation sites excluding steroid dienone is 1. The van der Waals surface area contributed by atoms with Crippen LogP contribution in [0.1, 0.15) is 27.2 Å². The van der Waals surface area contributed by atoms with E-state index in [9.17, 15) is 14.0 Å². The molecule has 2 aromatic carbocycles. The van der Waals surface area contributed by atoms with Crippen molar-refractivity contribution >= 4 is 23.3 Å². The first kappa shape index (κ1) is 24.3. The lowest BCUT2D eigenvalue weighted by molar-refractivity contribution is 0.0916. The van der Waals surface area contributed by atoms with Gasteiger partial charge in [0, 0.05) is 30.9 Å². The topological polar surface area (TPSA) is 83.9 Å². The molecule has 9 heteroatoms. The minimum absolute atomic E-state index is 0.0841. The molecule has 37 heavy (non-hydrogen) atoms. The predicted octanol–water partition coefficient (Wildman–Crippen LogP) is 4.04. The first-order valence-electron chi connectivity index (χ1n) is 11.8. The van der Waals surface area contributed by atoms with Crippen LogP contribution in [0.2, 0.25) is 0 Å². The first-order chi connectivity index (χ1) is 17.9. The van der Waals surface area contributed by atoms with E-state index in [0.717, 1.165) is 16.8 Å². The monoisotopic (exact) mass is 502 g/mol. The molecule has 3 aromatic rings. The number of pyridine rings is 1. The first-order valence-corrected chi connectivity index (χ1v) is 11.8. The summed E-state index contributed by atoms with van der Waals surface area (Å²) in [4.78, 5) is 35.8. The maximum Gasteiger partial charge on any atom is 0.410 e. The molecule has 7 nitrogen and oxygen atoms in total. The van der Waals surface area contributed by atoms with Gasteiger partial charge in [0.25, 0.3) is 5.91 Å². The van der Waals surface area contributed by atoms with Crippen molar-refractivity contribution in [1.82, 2.24) is 15.2 Å². The van der Waals surface area contributed by atoms with Gasteiger partial charge in [-0.25, -0.2) is 13.6 Å². The molecule has 2 aliphatic heterocycles. The Bertz CT molecular complexity index is 1390. The Balaban J connectivity index is 1.43. The van der Waals surface area contributed by atoms with Crippen molar-refractivity contribution in [2.45, 2.75) is 18.5 Å². The number of aromatic nitrogens is 1. The van der Waals surface area contributed by atoms with E-state index in [4.69, 9.17) is 4.74 Å². The molecule has 5 rings (SSSR count). The molecule has 1 fully saturated rings. The van der Waals surface area contributed by atoms with Crippen LogP contribution >= 0.6 is 0 Å². The fourth-order valence-electron chi connectivity index (χ4n) is 4.56. The number of ether oxygens (including phenoxy) is 1. The van der Waals surface area contributed by atoms with E-state index in [0.29, 0.717) is 12.1 Å². The van der Waals surface area contributed by atoms with Crippen molar-refractivity contribution in [3.63, 3.8) is 0 Å². The summed E-state index contributed by atoms with van der Waals surface area (Å²) in [5.74, 6) is -1.44. The summed E-state index contributed by atoms with van der Waals surface area (Å²) in [7, 11) is 1.61. The van der Waals surface area contributed by atoms with Crippen LogP contribution in [0.5, 0.6) is 0 Å². The number of likely N-dealkylation sites (N-methyl/N-ethyl adjacent to an activating group) is 1. The zero-order valence-electron chi connectivity index (χ0n) is 20.0. The summed E-state index contributed by atoms with van der Waals surface area (Å²) in [6.07, 6.45) is 3.24. The van der Waals surface area contributed by atoms with Gasteiger partial charge in [0.2, 0.25) is 0 Å². The van der Waals surface area contributed by atoms with Crippen LogP contribution in [0.25, 0.3) is 5.57 Å². The van der Waals surface area contributed by atoms with Crippen molar-refractivity contribution in [3.8, 4) is 0 Å². The standard InChI is InChI=1S/C28H24F2N4O3/c1-34-25(16-37-28(34)36)23(14-20-5-2-3-12-31-20)33-27(35)21-6-4-7-22(30)26(21)24-13-18(15-32-24)17-8-10-19(29)11-9-17/h2-13,23,25H,14-16H2,1H3,(H,33,35)/t23-,25-/m1/s1. The van der Waals surface area contributed by atoms with Crippen LogP contribution in [0.3, 0.4) is 0 Å². The summed E-state index contributed by atoms with van der Waals surface area (Å²) in [5.41, 5.74) is 2.83. The fourth-order valence-corrected chi connectivity index (χ4v) is 4.56. The highest BCUT2D eigenvalue weighted by Gasteiger charge is 2.37. The molecule has 2 amide bonds. The third kappa shape index (κ3) is 5.11. The van der Waals surface area contributed by atoms with Gasteiger partial charge in [-0.15, -0.1) is 0 Å². The fraction of sp³-hybridized carbons (Fsp3) is 0.214. The highest BCUT2D eigenvalue weighted by atomic mass is 19.1. The van der Waals surface area contributed by atoms with Gasteiger partial charge >= 0.3 is 6.09 Å². The summed E-state index contributed by atoms with van der Waals surface area (Å²) < 4.78 is 33.6. The Morgan fingerprint density at radius 1 is 1.14 bits per heavy atom. The third-order valence-corrected chi connectivity index (χ3v) is 6.56. The van der Waals surface area contributed by atoms with Gasteiger partial charge in [-0.1, -0.05) is 24.3 Å². The van der Waals surface area contributed by atoms with Crippen LogP contribution in [-0.2, 0) is 11.2 Å². The maximum absolute atomic E-state index is 15.1. The lowest BCUT2D eigenvalue weighted by Gasteiger charge is -2.27. The molecule has 188 valence electrons. The third-order valence-electron chi connectivity index (χ3n) is 6.56. The molecule has 2 atom stereocenters. The van der Waals surface area contributed by atoms with Crippen LogP contribution in [0.15, 0.2) is 77.9 Å². The second kappa shape index (κ2) is 10.3. The van der Waals surface area contributed by atoms with Gasteiger partial charge in [0.15, 0.2) is 0 Å². The average Bonchev–Trinajstić information content (AvgIpc) is 3.51. The van der Waals surface area contributed by atoms with E-state index in [1.807, 2.05) is 12.1 Å². The number of cyclic esters (lactones) is 1. The number of rotatable bonds is 7. The van der Waals surface area contributed by atoms with Crippen molar-refractivity contribution in [1.29, 1.82) is 0 Å². The second-order valence-corrected chi connectivity index (χ2v) is 8.90. The normalized spacial score (nSPS) is 17.8. The number of aliphatic imine (C=N–C) groups is 1. The maximum atomic E-state index is 15.1. The molecule has 0 spiro atoms. The summed E-state index contributed by atoms with van der Waals surface area (Å²) in [6, 6.07) is 14.8. The number of hydrogen-bond donors (Lipinski definition) is 1. The van der Waals surface area contributed by atoms with Crippen molar-refractivity contribution in [2.24, 2.45) is 4.99 Å². The zero-order valence-corrected chi connectivity index (χ0v) is 20.0. The number of carbonyl (C=O) groups is 2. The molecular weight excluding hydrogens is 478 g/mol. The van der Waals surface area contributed by atoms with E-state index in [2.05, 4.69) is 15.3 Å². The molecule has 3 heterocycles. The van der Waals surface area contributed by atoms with Crippen LogP contribution < -0.4 is 5.32 Å². The van der Waals surface area contributed by atoms with Gasteiger partial charge in [-0.05, 0) is 53.6 Å². The molecule has 1 aromatic heterocycles. The molecule has 1 saturated heterocycles. The van der Waals surface area contributed by atoms with E-state index in [1.54, 1.807) is 37.5 Å². The molecule has 0 radical (unpaired) electrons. The van der Waals surface area contributed by atoms with E-state index in [1.165, 1.54) is 35.2 Å². The van der Waals surface area contributed by atoms with E-state index >= 15 is 4.39 Å². The minimum Gasteiger partial charge on any atom is -0.447 e. The number of nitrogens with zero attached hydrogens (tertiary/aromatic N) is 3. The van der Waals surface area contributed by atoms with Crippen LogP contribution in [-0.4, -0.2) is 59.9 Å². The van der Waals surface area contributed by atoms with Crippen molar-refractivity contribution in [2.75, 3.05) is 20.2 Å². The molecule has 0 saturated carbocycles. The van der Waals surface area contributed by atoms with Gasteiger partial charge in [-0.3, -0.25) is 14.8 Å².